The molecule has 0 aliphatic rings. The summed E-state index contributed by atoms with van der Waals surface area (Å²) >= 11 is 0. The minimum atomic E-state index is -0.865. The van der Waals surface area contributed by atoms with Gasteiger partial charge in [-0.1, -0.05) is 60.7 Å². The molecule has 0 saturated heterocycles. The Bertz CT molecular complexity index is 1130. The number of hydrogen-bond acceptors (Lipinski definition) is 6. The number of non-ortho nitro benzene ring substituents is 1. The lowest BCUT2D eigenvalue weighted by Gasteiger charge is -2.27. The Morgan fingerprint density at radius 3 is 2.06 bits per heavy atom. The van der Waals surface area contributed by atoms with Crippen molar-refractivity contribution in [3.63, 3.8) is 0 Å². The summed E-state index contributed by atoms with van der Waals surface area (Å²) in [6, 6.07) is 21.4. The van der Waals surface area contributed by atoms with Crippen LogP contribution in [0.3, 0.4) is 0 Å². The number of nitro groups is 1. The Labute approximate surface area is 211 Å². The maximum atomic E-state index is 12.8. The van der Waals surface area contributed by atoms with Crippen LogP contribution in [-0.4, -0.2) is 40.7 Å². The Morgan fingerprint density at radius 1 is 1.00 bits per heavy atom. The molecule has 0 saturated carbocycles. The molecule has 3 aromatic rings. The normalized spacial score (nSPS) is 13.4. The smallest absolute Gasteiger partial charge is 0.270 e. The second-order valence-corrected chi connectivity index (χ2v) is 9.07. The summed E-state index contributed by atoms with van der Waals surface area (Å²) < 4.78 is 5.71. The molecule has 0 aliphatic carbocycles. The lowest BCUT2D eigenvalue weighted by Crippen LogP contribution is -2.48. The van der Waals surface area contributed by atoms with Crippen LogP contribution in [0, 0.1) is 24.0 Å². The van der Waals surface area contributed by atoms with Crippen LogP contribution in [0.15, 0.2) is 72.8 Å². The Kier molecular flexibility index (Phi) is 9.55. The molecule has 0 aromatic heterocycles. The van der Waals surface area contributed by atoms with Gasteiger partial charge in [-0.15, -0.1) is 0 Å². The zero-order valence-electron chi connectivity index (χ0n) is 20.6. The summed E-state index contributed by atoms with van der Waals surface area (Å²) in [5.74, 6) is 0.0320. The van der Waals surface area contributed by atoms with Crippen molar-refractivity contribution in [1.82, 2.24) is 5.32 Å². The Hall–Kier alpha value is -3.75. The van der Waals surface area contributed by atoms with Gasteiger partial charge in [0.25, 0.3) is 11.6 Å². The van der Waals surface area contributed by atoms with Crippen molar-refractivity contribution in [1.29, 1.82) is 0 Å². The molecule has 3 atom stereocenters. The highest BCUT2D eigenvalue weighted by Gasteiger charge is 2.24. The van der Waals surface area contributed by atoms with E-state index < -0.39 is 23.0 Å². The summed E-state index contributed by atoms with van der Waals surface area (Å²) in [7, 11) is 0. The number of ether oxygens (including phenoxy) is 1. The first kappa shape index (κ1) is 26.8. The van der Waals surface area contributed by atoms with E-state index in [1.807, 2.05) is 60.7 Å². The van der Waals surface area contributed by atoms with Gasteiger partial charge in [-0.3, -0.25) is 14.9 Å². The van der Waals surface area contributed by atoms with Crippen molar-refractivity contribution in [3.05, 3.63) is 105 Å². The van der Waals surface area contributed by atoms with Gasteiger partial charge in [0.1, 0.15) is 5.75 Å². The summed E-state index contributed by atoms with van der Waals surface area (Å²) in [6.45, 7) is 3.11. The van der Waals surface area contributed by atoms with Gasteiger partial charge in [0.05, 0.1) is 17.1 Å². The lowest BCUT2D eigenvalue weighted by molar-refractivity contribution is -0.385. The minimum Gasteiger partial charge on any atom is -0.483 e. The number of aliphatic hydroxyl groups excluding tert-OH is 1. The van der Waals surface area contributed by atoms with E-state index in [0.29, 0.717) is 36.1 Å². The third-order valence-corrected chi connectivity index (χ3v) is 6.00. The first-order chi connectivity index (χ1) is 17.2. The van der Waals surface area contributed by atoms with Gasteiger partial charge in [-0.25, -0.2) is 0 Å². The molecule has 190 valence electrons. The fourth-order valence-electron chi connectivity index (χ4n) is 4.27. The zero-order chi connectivity index (χ0) is 26.1. The second-order valence-electron chi connectivity index (χ2n) is 9.07. The average Bonchev–Trinajstić information content (AvgIpc) is 2.84. The molecule has 4 N–H and O–H groups in total. The van der Waals surface area contributed by atoms with Crippen LogP contribution in [0.1, 0.15) is 28.7 Å². The highest BCUT2D eigenvalue weighted by Crippen LogP contribution is 2.28. The first-order valence-electron chi connectivity index (χ1n) is 11.9. The van der Waals surface area contributed by atoms with Gasteiger partial charge in [0, 0.05) is 18.2 Å². The Balaban J connectivity index is 1.65. The first-order valence-corrected chi connectivity index (χ1v) is 11.9. The zero-order valence-corrected chi connectivity index (χ0v) is 20.6. The number of carbonyl (C=O) groups is 1. The molecule has 3 rings (SSSR count). The van der Waals surface area contributed by atoms with E-state index in [0.717, 1.165) is 11.1 Å². The standard InChI is InChI=1S/C28H33N3O5/c1-19-13-24(31(34)35)14-20(2)28(19)36-18-27(33)30-25(16-22-11-7-4-8-12-22)26(32)17-23(29)15-21-9-5-3-6-10-21/h3-14,23,25-26,32H,15-18,29H2,1-2H3,(H,30,33). The molecule has 0 bridgehead atoms. The maximum Gasteiger partial charge on any atom is 0.270 e. The van der Waals surface area contributed by atoms with Gasteiger partial charge in [0.2, 0.25) is 0 Å². The third kappa shape index (κ3) is 7.90. The molecule has 8 nitrogen and oxygen atoms in total. The number of hydrogen-bond donors (Lipinski definition) is 3. The van der Waals surface area contributed by atoms with E-state index >= 15 is 0 Å². The number of amides is 1. The van der Waals surface area contributed by atoms with E-state index in [4.69, 9.17) is 10.5 Å². The van der Waals surface area contributed by atoms with Gasteiger partial charge in [0.15, 0.2) is 6.61 Å². The second kappa shape index (κ2) is 12.8. The number of nitrogens with zero attached hydrogens (tertiary/aromatic N) is 1. The number of nitrogens with one attached hydrogen (secondary N) is 1. The van der Waals surface area contributed by atoms with Gasteiger partial charge < -0.3 is 20.9 Å². The van der Waals surface area contributed by atoms with Crippen LogP contribution in [0.5, 0.6) is 5.75 Å². The largest absolute Gasteiger partial charge is 0.483 e. The van der Waals surface area contributed by atoms with Crippen LogP contribution in [0.25, 0.3) is 0 Å². The third-order valence-electron chi connectivity index (χ3n) is 6.00. The molecule has 3 unspecified atom stereocenters. The van der Waals surface area contributed by atoms with E-state index in [9.17, 15) is 20.0 Å². The Morgan fingerprint density at radius 2 is 1.53 bits per heavy atom. The van der Waals surface area contributed by atoms with Gasteiger partial charge >= 0.3 is 0 Å². The molecule has 0 radical (unpaired) electrons. The monoisotopic (exact) mass is 491 g/mol. The number of carbonyl (C=O) groups excluding carboxylic acids is 1. The molecule has 0 fully saturated rings. The molecule has 1 amide bonds. The van der Waals surface area contributed by atoms with Gasteiger partial charge in [-0.05, 0) is 55.4 Å². The SMILES string of the molecule is Cc1cc([N+](=O)[O-])cc(C)c1OCC(=O)NC(Cc1ccccc1)C(O)CC(N)Cc1ccccc1. The molecule has 0 spiro atoms. The molecular formula is C28H33N3O5. The maximum absolute atomic E-state index is 12.8. The number of aryl methyl sites for hydroxylation is 2. The highest BCUT2D eigenvalue weighted by atomic mass is 16.6. The van der Waals surface area contributed by atoms with Crippen molar-refractivity contribution in [2.24, 2.45) is 5.73 Å². The predicted molar refractivity (Wildman–Crippen MR) is 139 cm³/mol. The van der Waals surface area contributed by atoms with Crippen molar-refractivity contribution in [2.45, 2.75) is 51.3 Å². The summed E-state index contributed by atoms with van der Waals surface area (Å²) in [5, 5.41) is 25.0. The number of aliphatic hydroxyl groups is 1. The topological polar surface area (TPSA) is 128 Å². The predicted octanol–water partition coefficient (Wildman–Crippen LogP) is 3.64. The summed E-state index contributed by atoms with van der Waals surface area (Å²) in [4.78, 5) is 23.4. The number of nitro benzene ring substituents is 1. The van der Waals surface area contributed by atoms with Crippen LogP contribution in [-0.2, 0) is 17.6 Å². The van der Waals surface area contributed by atoms with Crippen molar-refractivity contribution in [3.8, 4) is 5.75 Å². The van der Waals surface area contributed by atoms with Crippen LogP contribution in [0.4, 0.5) is 5.69 Å². The minimum absolute atomic E-state index is 0.0281. The summed E-state index contributed by atoms with van der Waals surface area (Å²) in [6.07, 6.45) is 0.497. The van der Waals surface area contributed by atoms with E-state index in [2.05, 4.69) is 5.32 Å². The number of rotatable bonds is 12. The average molecular weight is 492 g/mol. The lowest BCUT2D eigenvalue weighted by atomic mass is 9.94. The summed E-state index contributed by atoms with van der Waals surface area (Å²) in [5.41, 5.74) is 9.50. The van der Waals surface area contributed by atoms with Crippen molar-refractivity contribution < 1.29 is 19.6 Å². The molecule has 0 heterocycles. The fraction of sp³-hybridized carbons (Fsp3) is 0.321. The van der Waals surface area contributed by atoms with Crippen LogP contribution in [0.2, 0.25) is 0 Å². The van der Waals surface area contributed by atoms with E-state index in [1.165, 1.54) is 12.1 Å². The number of benzene rings is 3. The van der Waals surface area contributed by atoms with Gasteiger partial charge in [-0.2, -0.15) is 0 Å². The van der Waals surface area contributed by atoms with Crippen molar-refractivity contribution >= 4 is 11.6 Å². The molecular weight excluding hydrogens is 458 g/mol. The van der Waals surface area contributed by atoms with Crippen LogP contribution >= 0.6 is 0 Å². The van der Waals surface area contributed by atoms with E-state index in [1.54, 1.807) is 13.8 Å². The molecule has 3 aromatic carbocycles. The van der Waals surface area contributed by atoms with E-state index in [-0.39, 0.29) is 18.3 Å². The highest BCUT2D eigenvalue weighted by molar-refractivity contribution is 5.78. The fourth-order valence-corrected chi connectivity index (χ4v) is 4.27. The molecule has 8 heteroatoms. The number of nitrogens with two attached hydrogens (primary N) is 1. The molecule has 0 aliphatic heterocycles. The van der Waals surface area contributed by atoms with Crippen molar-refractivity contribution in [2.75, 3.05) is 6.61 Å². The quantitative estimate of drug-likeness (QED) is 0.262. The van der Waals surface area contributed by atoms with Crippen LogP contribution < -0.4 is 15.8 Å². The molecule has 36 heavy (non-hydrogen) atoms.